The summed E-state index contributed by atoms with van der Waals surface area (Å²) in [5.74, 6) is 0.982. The molecular formula is C28H30ClFN4O2. The van der Waals surface area contributed by atoms with Crippen molar-refractivity contribution in [2.45, 2.75) is 43.8 Å². The van der Waals surface area contributed by atoms with Gasteiger partial charge in [-0.05, 0) is 67.1 Å². The number of halogens is 2. The van der Waals surface area contributed by atoms with Gasteiger partial charge in [0.2, 0.25) is 0 Å². The highest BCUT2D eigenvalue weighted by atomic mass is 35.5. The van der Waals surface area contributed by atoms with E-state index in [2.05, 4.69) is 17.4 Å². The highest BCUT2D eigenvalue weighted by Crippen LogP contribution is 2.39. The molecule has 0 amide bonds. The molecule has 36 heavy (non-hydrogen) atoms. The van der Waals surface area contributed by atoms with Gasteiger partial charge in [-0.15, -0.1) is 0 Å². The minimum Gasteiger partial charge on any atom is -0.496 e. The van der Waals surface area contributed by atoms with E-state index < -0.39 is 5.54 Å². The van der Waals surface area contributed by atoms with Crippen molar-refractivity contribution in [2.75, 3.05) is 14.2 Å². The van der Waals surface area contributed by atoms with E-state index in [0.717, 1.165) is 60.3 Å². The van der Waals surface area contributed by atoms with Gasteiger partial charge in [0.05, 0.1) is 24.9 Å². The number of hydrogen-bond donors (Lipinski definition) is 2. The van der Waals surface area contributed by atoms with Gasteiger partial charge in [-0.3, -0.25) is 0 Å². The molecule has 4 aromatic rings. The van der Waals surface area contributed by atoms with Gasteiger partial charge in [-0.2, -0.15) is 0 Å². The van der Waals surface area contributed by atoms with E-state index in [9.17, 15) is 4.39 Å². The first-order chi connectivity index (χ1) is 17.4. The number of fused-ring (bicyclic) bond motifs is 1. The summed E-state index contributed by atoms with van der Waals surface area (Å²) in [6, 6.07) is 14.8. The van der Waals surface area contributed by atoms with Gasteiger partial charge in [0.1, 0.15) is 23.0 Å². The van der Waals surface area contributed by atoms with Gasteiger partial charge in [0, 0.05) is 42.1 Å². The molecule has 1 aliphatic carbocycles. The quantitative estimate of drug-likeness (QED) is 0.335. The number of aromatic nitrogens is 2. The largest absolute Gasteiger partial charge is 0.496 e. The summed E-state index contributed by atoms with van der Waals surface area (Å²) in [4.78, 5) is 4.85. The maximum absolute atomic E-state index is 13.1. The van der Waals surface area contributed by atoms with E-state index in [-0.39, 0.29) is 5.82 Å². The fraction of sp³-hybridized carbons (Fsp3) is 0.321. The molecule has 5 rings (SSSR count). The smallest absolute Gasteiger partial charge is 0.141 e. The third-order valence-corrected chi connectivity index (χ3v) is 7.47. The molecule has 6 nitrogen and oxygen atoms in total. The summed E-state index contributed by atoms with van der Waals surface area (Å²) >= 11 is 6.38. The van der Waals surface area contributed by atoms with Gasteiger partial charge >= 0.3 is 0 Å². The van der Waals surface area contributed by atoms with Crippen LogP contribution in [-0.4, -0.2) is 29.6 Å². The summed E-state index contributed by atoms with van der Waals surface area (Å²) in [5.41, 5.74) is 11.1. The van der Waals surface area contributed by atoms with Crippen LogP contribution >= 0.6 is 11.6 Å². The van der Waals surface area contributed by atoms with Crippen molar-refractivity contribution in [1.29, 1.82) is 0 Å². The molecule has 0 bridgehead atoms. The average molecular weight is 509 g/mol. The number of nitrogens with two attached hydrogens (primary N) is 1. The second-order valence-corrected chi connectivity index (χ2v) is 9.84. The Morgan fingerprint density at radius 1 is 1.08 bits per heavy atom. The summed E-state index contributed by atoms with van der Waals surface area (Å²) in [5, 5.41) is 4.09. The molecule has 3 N–H and O–H groups in total. The molecule has 0 unspecified atom stereocenters. The van der Waals surface area contributed by atoms with Crippen LogP contribution in [0.25, 0.3) is 16.9 Å². The third-order valence-electron chi connectivity index (χ3n) is 7.17. The molecule has 0 aliphatic heterocycles. The Bertz CT molecular complexity index is 1360. The highest BCUT2D eigenvalue weighted by molar-refractivity contribution is 6.32. The Morgan fingerprint density at radius 2 is 1.81 bits per heavy atom. The normalized spacial score (nSPS) is 20.0. The van der Waals surface area contributed by atoms with Crippen molar-refractivity contribution in [3.63, 3.8) is 0 Å². The average Bonchev–Trinajstić information content (AvgIpc) is 3.32. The zero-order chi connectivity index (χ0) is 25.3. The topological polar surface area (TPSA) is 73.8 Å². The zero-order valence-corrected chi connectivity index (χ0v) is 21.2. The standard InChI is InChI=1S/C28H30ClFN4O2/c1-35-25-15-26(36-2)23(29)14-22(25)24-17-34-12-9-19(13-27(34)33-24)28(31)10-7-21(8-11-28)32-16-18-3-5-20(30)6-4-18/h3-6,9,12-15,17,21,32H,7-8,10-11,16,31H2,1-2H3. The second kappa shape index (κ2) is 10.1. The van der Waals surface area contributed by atoms with Gasteiger partial charge in [-0.25, -0.2) is 9.37 Å². The predicted molar refractivity (Wildman–Crippen MR) is 140 cm³/mol. The minimum atomic E-state index is -0.400. The molecular weight excluding hydrogens is 479 g/mol. The van der Waals surface area contributed by atoms with Crippen LogP contribution in [0.15, 0.2) is 60.9 Å². The number of ether oxygens (including phenoxy) is 2. The van der Waals surface area contributed by atoms with Crippen LogP contribution in [0.3, 0.4) is 0 Å². The van der Waals surface area contributed by atoms with E-state index in [4.69, 9.17) is 31.8 Å². The summed E-state index contributed by atoms with van der Waals surface area (Å²) in [6.45, 7) is 0.726. The molecule has 0 saturated heterocycles. The molecule has 2 heterocycles. The lowest BCUT2D eigenvalue weighted by Crippen LogP contribution is -2.45. The van der Waals surface area contributed by atoms with Crippen molar-refractivity contribution in [3.8, 4) is 22.8 Å². The first-order valence-corrected chi connectivity index (χ1v) is 12.4. The molecule has 188 valence electrons. The number of imidazole rings is 1. The van der Waals surface area contributed by atoms with Crippen molar-refractivity contribution < 1.29 is 13.9 Å². The minimum absolute atomic E-state index is 0.210. The maximum Gasteiger partial charge on any atom is 0.141 e. The van der Waals surface area contributed by atoms with Crippen LogP contribution in [0, 0.1) is 5.82 Å². The van der Waals surface area contributed by atoms with Crippen molar-refractivity contribution in [2.24, 2.45) is 5.73 Å². The van der Waals surface area contributed by atoms with E-state index >= 15 is 0 Å². The summed E-state index contributed by atoms with van der Waals surface area (Å²) in [6.07, 6.45) is 7.67. The lowest BCUT2D eigenvalue weighted by Gasteiger charge is -2.38. The van der Waals surface area contributed by atoms with Gasteiger partial charge in [-0.1, -0.05) is 23.7 Å². The van der Waals surface area contributed by atoms with Gasteiger partial charge in [0.25, 0.3) is 0 Å². The number of benzene rings is 2. The van der Waals surface area contributed by atoms with Crippen molar-refractivity contribution >= 4 is 17.2 Å². The molecule has 1 fully saturated rings. The Labute approximate surface area is 215 Å². The van der Waals surface area contributed by atoms with Gasteiger partial charge in [0.15, 0.2) is 0 Å². The van der Waals surface area contributed by atoms with Crippen LogP contribution in [0.5, 0.6) is 11.5 Å². The summed E-state index contributed by atoms with van der Waals surface area (Å²) < 4.78 is 26.0. The maximum atomic E-state index is 13.1. The Balaban J connectivity index is 1.31. The fourth-order valence-electron chi connectivity index (χ4n) is 4.97. The fourth-order valence-corrected chi connectivity index (χ4v) is 5.21. The lowest BCUT2D eigenvalue weighted by molar-refractivity contribution is 0.251. The molecule has 0 radical (unpaired) electrons. The first-order valence-electron chi connectivity index (χ1n) is 12.1. The molecule has 1 aliphatic rings. The van der Waals surface area contributed by atoms with Gasteiger partial charge < -0.3 is 24.9 Å². The number of rotatable bonds is 7. The van der Waals surface area contributed by atoms with Crippen LogP contribution in [-0.2, 0) is 12.1 Å². The lowest BCUT2D eigenvalue weighted by atomic mass is 9.76. The zero-order valence-electron chi connectivity index (χ0n) is 20.4. The molecule has 0 spiro atoms. The molecule has 2 aromatic carbocycles. The van der Waals surface area contributed by atoms with Crippen LogP contribution < -0.4 is 20.5 Å². The predicted octanol–water partition coefficient (Wildman–Crippen LogP) is 5.70. The molecule has 0 atom stereocenters. The molecule has 8 heteroatoms. The third kappa shape index (κ3) is 4.91. The van der Waals surface area contributed by atoms with E-state index in [1.54, 1.807) is 20.3 Å². The molecule has 1 saturated carbocycles. The van der Waals surface area contributed by atoms with Crippen LogP contribution in [0.1, 0.15) is 36.8 Å². The monoisotopic (exact) mass is 508 g/mol. The number of nitrogens with one attached hydrogen (secondary N) is 1. The molecule has 2 aromatic heterocycles. The summed E-state index contributed by atoms with van der Waals surface area (Å²) in [7, 11) is 3.19. The van der Waals surface area contributed by atoms with Crippen LogP contribution in [0.2, 0.25) is 5.02 Å². The van der Waals surface area contributed by atoms with Crippen LogP contribution in [0.4, 0.5) is 4.39 Å². The van der Waals surface area contributed by atoms with E-state index in [0.29, 0.717) is 22.6 Å². The van der Waals surface area contributed by atoms with E-state index in [1.165, 1.54) is 12.1 Å². The number of pyridine rings is 1. The number of hydrogen-bond acceptors (Lipinski definition) is 5. The highest BCUT2D eigenvalue weighted by Gasteiger charge is 2.33. The Kier molecular flexibility index (Phi) is 6.88. The first kappa shape index (κ1) is 24.6. The second-order valence-electron chi connectivity index (χ2n) is 9.43. The number of methoxy groups -OCH3 is 2. The Hall–Kier alpha value is -3.13. The van der Waals surface area contributed by atoms with E-state index in [1.807, 2.05) is 35.0 Å². The number of nitrogens with zero attached hydrogens (tertiary/aromatic N) is 2. The SMILES string of the molecule is COc1cc(OC)c(-c2cn3ccc(C4(N)CCC(NCc5ccc(F)cc5)CC4)cc3n2)cc1Cl. The van der Waals surface area contributed by atoms with Crippen molar-refractivity contribution in [3.05, 3.63) is 82.9 Å². The van der Waals surface area contributed by atoms with Crippen molar-refractivity contribution in [1.82, 2.24) is 14.7 Å². The Morgan fingerprint density at radius 3 is 2.50 bits per heavy atom.